The van der Waals surface area contributed by atoms with E-state index in [-0.39, 0.29) is 11.4 Å². The minimum absolute atomic E-state index is 0.141. The summed E-state index contributed by atoms with van der Waals surface area (Å²) >= 11 is 0. The highest BCUT2D eigenvalue weighted by atomic mass is 19.4. The maximum absolute atomic E-state index is 12.8. The molecule has 0 radical (unpaired) electrons. The summed E-state index contributed by atoms with van der Waals surface area (Å²) < 4.78 is 49.3. The number of benzene rings is 2. The number of hydrogen-bond acceptors (Lipinski definition) is 5. The largest absolute Gasteiger partial charge is 0.494 e. The summed E-state index contributed by atoms with van der Waals surface area (Å²) in [5, 5.41) is 3.79. The molecule has 28 heavy (non-hydrogen) atoms. The zero-order valence-electron chi connectivity index (χ0n) is 15.3. The van der Waals surface area contributed by atoms with Crippen LogP contribution in [0.25, 0.3) is 11.4 Å². The molecule has 0 aliphatic carbocycles. The van der Waals surface area contributed by atoms with Crippen LogP contribution in [0.5, 0.6) is 5.75 Å². The molecule has 0 atom stereocenters. The number of alkyl halides is 3. The van der Waals surface area contributed by atoms with Gasteiger partial charge >= 0.3 is 6.18 Å². The molecule has 1 heterocycles. The molecule has 2 aromatic carbocycles. The van der Waals surface area contributed by atoms with Gasteiger partial charge in [0.05, 0.1) is 18.7 Å². The van der Waals surface area contributed by atoms with Crippen molar-refractivity contribution in [1.82, 2.24) is 15.0 Å². The van der Waals surface area contributed by atoms with Gasteiger partial charge in [0.1, 0.15) is 5.75 Å². The van der Waals surface area contributed by atoms with Crippen LogP contribution in [0.15, 0.2) is 59.1 Å². The summed E-state index contributed by atoms with van der Waals surface area (Å²) in [6.45, 7) is 1.72. The molecular weight excluding hydrogens is 371 g/mol. The van der Waals surface area contributed by atoms with Crippen molar-refractivity contribution >= 4 is 0 Å². The fourth-order valence-electron chi connectivity index (χ4n) is 2.62. The van der Waals surface area contributed by atoms with Crippen molar-refractivity contribution < 1.29 is 22.4 Å². The highest BCUT2D eigenvalue weighted by Crippen LogP contribution is 2.31. The lowest BCUT2D eigenvalue weighted by molar-refractivity contribution is -0.137. The van der Waals surface area contributed by atoms with Crippen LogP contribution in [0.3, 0.4) is 0 Å². The van der Waals surface area contributed by atoms with Crippen LogP contribution >= 0.6 is 0 Å². The third-order valence-corrected chi connectivity index (χ3v) is 4.02. The fraction of sp³-hybridized carbons (Fsp3) is 0.300. The molecule has 8 heteroatoms. The highest BCUT2D eigenvalue weighted by molar-refractivity contribution is 5.55. The molecule has 0 saturated carbocycles. The Morgan fingerprint density at radius 3 is 2.61 bits per heavy atom. The van der Waals surface area contributed by atoms with E-state index in [1.54, 1.807) is 0 Å². The van der Waals surface area contributed by atoms with E-state index >= 15 is 0 Å². The monoisotopic (exact) mass is 391 g/mol. The number of nitrogens with zero attached hydrogens (tertiary/aromatic N) is 3. The minimum atomic E-state index is -4.41. The van der Waals surface area contributed by atoms with Gasteiger partial charge in [-0.1, -0.05) is 35.5 Å². The molecule has 0 saturated heterocycles. The summed E-state index contributed by atoms with van der Waals surface area (Å²) in [4.78, 5) is 6.19. The Morgan fingerprint density at radius 2 is 1.86 bits per heavy atom. The van der Waals surface area contributed by atoms with Crippen molar-refractivity contribution in [2.24, 2.45) is 0 Å². The van der Waals surface area contributed by atoms with E-state index in [1.165, 1.54) is 12.1 Å². The summed E-state index contributed by atoms with van der Waals surface area (Å²) in [6, 6.07) is 14.4. The Morgan fingerprint density at radius 1 is 1.07 bits per heavy atom. The van der Waals surface area contributed by atoms with Gasteiger partial charge < -0.3 is 9.26 Å². The van der Waals surface area contributed by atoms with Gasteiger partial charge in [-0.25, -0.2) is 0 Å². The topological polar surface area (TPSA) is 51.4 Å². The molecular formula is C20H20F3N3O2. The van der Waals surface area contributed by atoms with Crippen molar-refractivity contribution in [2.75, 3.05) is 20.2 Å². The molecule has 5 nitrogen and oxygen atoms in total. The first-order valence-corrected chi connectivity index (χ1v) is 8.78. The predicted molar refractivity (Wildman–Crippen MR) is 97.6 cm³/mol. The zero-order chi connectivity index (χ0) is 20.0. The van der Waals surface area contributed by atoms with Gasteiger partial charge in [0.25, 0.3) is 0 Å². The van der Waals surface area contributed by atoms with Gasteiger partial charge in [-0.05, 0) is 37.7 Å². The van der Waals surface area contributed by atoms with E-state index in [9.17, 15) is 13.2 Å². The quantitative estimate of drug-likeness (QED) is 0.523. The zero-order valence-corrected chi connectivity index (χ0v) is 15.3. The van der Waals surface area contributed by atoms with Crippen molar-refractivity contribution in [2.45, 2.75) is 19.1 Å². The summed E-state index contributed by atoms with van der Waals surface area (Å²) in [5.74, 6) is 1.31. The van der Waals surface area contributed by atoms with Gasteiger partial charge in [-0.3, -0.25) is 4.90 Å². The molecule has 0 aliphatic heterocycles. The Kier molecular flexibility index (Phi) is 6.30. The standard InChI is InChI=1S/C20H20F3N3O2/c1-26(11-6-12-27-17-9-3-2-4-10-17)14-18-24-19(25-28-18)15-7-5-8-16(13-15)20(21,22)23/h2-5,7-10,13H,6,11-12,14H2,1H3. The lowest BCUT2D eigenvalue weighted by Crippen LogP contribution is -2.21. The molecule has 0 unspecified atom stereocenters. The van der Waals surface area contributed by atoms with Crippen LogP contribution < -0.4 is 4.74 Å². The maximum Gasteiger partial charge on any atom is 0.416 e. The number of halogens is 3. The molecule has 148 valence electrons. The Bertz CT molecular complexity index is 882. The summed E-state index contributed by atoms with van der Waals surface area (Å²) in [6.07, 6.45) is -3.61. The second-order valence-corrected chi connectivity index (χ2v) is 6.34. The molecule has 0 amide bonds. The first kappa shape index (κ1) is 19.9. The number of aromatic nitrogens is 2. The second-order valence-electron chi connectivity index (χ2n) is 6.34. The summed E-state index contributed by atoms with van der Waals surface area (Å²) in [5.41, 5.74) is -0.476. The number of rotatable bonds is 8. The average molecular weight is 391 g/mol. The molecule has 0 spiro atoms. The lowest BCUT2D eigenvalue weighted by atomic mass is 10.1. The number of hydrogen-bond donors (Lipinski definition) is 0. The third-order valence-electron chi connectivity index (χ3n) is 4.02. The van der Waals surface area contributed by atoms with Gasteiger partial charge in [-0.2, -0.15) is 18.2 Å². The Hall–Kier alpha value is -2.87. The van der Waals surface area contributed by atoms with Crippen molar-refractivity contribution in [1.29, 1.82) is 0 Å². The molecule has 0 bridgehead atoms. The van der Waals surface area contributed by atoms with Crippen LogP contribution in [0.2, 0.25) is 0 Å². The van der Waals surface area contributed by atoms with Crippen molar-refractivity contribution in [3.63, 3.8) is 0 Å². The average Bonchev–Trinajstić information content (AvgIpc) is 3.14. The van der Waals surface area contributed by atoms with Crippen LogP contribution in [-0.2, 0) is 12.7 Å². The third kappa shape index (κ3) is 5.56. The normalized spacial score (nSPS) is 11.8. The molecule has 0 N–H and O–H groups in total. The van der Waals surface area contributed by atoms with Crippen molar-refractivity contribution in [3.05, 3.63) is 66.1 Å². The second kappa shape index (κ2) is 8.88. The first-order valence-electron chi connectivity index (χ1n) is 8.78. The van der Waals surface area contributed by atoms with E-state index < -0.39 is 11.7 Å². The predicted octanol–water partition coefficient (Wildman–Crippen LogP) is 4.66. The van der Waals surface area contributed by atoms with Crippen LogP contribution in [0.1, 0.15) is 17.9 Å². The van der Waals surface area contributed by atoms with Crippen molar-refractivity contribution in [3.8, 4) is 17.1 Å². The molecule has 0 aliphatic rings. The highest BCUT2D eigenvalue weighted by Gasteiger charge is 2.30. The van der Waals surface area contributed by atoms with E-state index in [0.717, 1.165) is 30.8 Å². The van der Waals surface area contributed by atoms with E-state index in [4.69, 9.17) is 9.26 Å². The molecule has 3 aromatic rings. The van der Waals surface area contributed by atoms with Crippen LogP contribution in [-0.4, -0.2) is 35.2 Å². The summed E-state index contributed by atoms with van der Waals surface area (Å²) in [7, 11) is 1.90. The Balaban J connectivity index is 1.50. The Labute approximate surface area is 160 Å². The van der Waals surface area contributed by atoms with E-state index in [2.05, 4.69) is 10.1 Å². The lowest BCUT2D eigenvalue weighted by Gasteiger charge is -2.14. The maximum atomic E-state index is 12.8. The van der Waals surface area contributed by atoms with Gasteiger partial charge in [0, 0.05) is 12.1 Å². The van der Waals surface area contributed by atoms with E-state index in [0.29, 0.717) is 19.0 Å². The minimum Gasteiger partial charge on any atom is -0.494 e. The SMILES string of the molecule is CN(CCCOc1ccccc1)Cc1nc(-c2cccc(C(F)(F)F)c2)no1. The molecule has 3 rings (SSSR count). The molecule has 0 fully saturated rings. The van der Waals surface area contributed by atoms with E-state index in [1.807, 2.05) is 42.3 Å². The fourth-order valence-corrected chi connectivity index (χ4v) is 2.62. The first-order chi connectivity index (χ1) is 13.4. The van der Waals surface area contributed by atoms with Crippen LogP contribution in [0, 0.1) is 0 Å². The smallest absolute Gasteiger partial charge is 0.416 e. The van der Waals surface area contributed by atoms with Crippen LogP contribution in [0.4, 0.5) is 13.2 Å². The molecule has 1 aromatic heterocycles. The number of para-hydroxylation sites is 1. The van der Waals surface area contributed by atoms with Gasteiger partial charge in [0.2, 0.25) is 11.7 Å². The number of ether oxygens (including phenoxy) is 1. The van der Waals surface area contributed by atoms with Gasteiger partial charge in [0.15, 0.2) is 0 Å². The van der Waals surface area contributed by atoms with Gasteiger partial charge in [-0.15, -0.1) is 0 Å².